The van der Waals surface area contributed by atoms with Gasteiger partial charge in [0.15, 0.2) is 6.10 Å². The fraction of sp³-hybridized carbons (Fsp3) is 0.310. The van der Waals surface area contributed by atoms with E-state index < -0.39 is 6.10 Å². The highest BCUT2D eigenvalue weighted by Crippen LogP contribution is 2.37. The maximum atomic E-state index is 13.1. The molecule has 0 fully saturated rings. The predicted molar refractivity (Wildman–Crippen MR) is 133 cm³/mol. The predicted octanol–water partition coefficient (Wildman–Crippen LogP) is 5.18. The summed E-state index contributed by atoms with van der Waals surface area (Å²) in [5.41, 5.74) is 4.08. The largest absolute Gasteiger partial charge is 0.481 e. The fourth-order valence-electron chi connectivity index (χ4n) is 4.52. The van der Waals surface area contributed by atoms with Crippen molar-refractivity contribution in [1.82, 2.24) is 10.2 Å². The van der Waals surface area contributed by atoms with Gasteiger partial charge in [-0.1, -0.05) is 62.4 Å². The molecular formula is C29H31FN2O3. The van der Waals surface area contributed by atoms with Crippen LogP contribution in [0.1, 0.15) is 55.0 Å². The number of amides is 2. The molecule has 0 aromatic heterocycles. The number of carbonyl (C=O) groups is 2. The Morgan fingerprint density at radius 3 is 2.49 bits per heavy atom. The Bertz CT molecular complexity index is 1160. The van der Waals surface area contributed by atoms with Gasteiger partial charge in [0.1, 0.15) is 11.6 Å². The molecule has 4 rings (SSSR count). The number of nitrogens with one attached hydrogen (secondary N) is 1. The second-order valence-electron chi connectivity index (χ2n) is 8.72. The maximum absolute atomic E-state index is 13.1. The van der Waals surface area contributed by atoms with Crippen LogP contribution in [0.4, 0.5) is 4.39 Å². The first-order valence-electron chi connectivity index (χ1n) is 12.2. The van der Waals surface area contributed by atoms with Crippen LogP contribution in [-0.4, -0.2) is 29.4 Å². The average Bonchev–Trinajstić information content (AvgIpc) is 2.90. The molecule has 0 radical (unpaired) electrons. The van der Waals surface area contributed by atoms with Gasteiger partial charge in [0.05, 0.1) is 6.04 Å². The minimum Gasteiger partial charge on any atom is -0.481 e. The Morgan fingerprint density at radius 1 is 1.06 bits per heavy atom. The van der Waals surface area contributed by atoms with Gasteiger partial charge in [0.25, 0.3) is 5.91 Å². The normalized spacial score (nSPS) is 15.7. The molecule has 1 heterocycles. The van der Waals surface area contributed by atoms with Crippen molar-refractivity contribution < 1.29 is 18.7 Å². The lowest BCUT2D eigenvalue weighted by Crippen LogP contribution is -2.40. The summed E-state index contributed by atoms with van der Waals surface area (Å²) in [5, 5.41) is 2.88. The highest BCUT2D eigenvalue weighted by Gasteiger charge is 2.32. The average molecular weight is 475 g/mol. The van der Waals surface area contributed by atoms with E-state index in [0.717, 1.165) is 23.1 Å². The molecule has 0 saturated carbocycles. The van der Waals surface area contributed by atoms with Crippen LogP contribution in [0.3, 0.4) is 0 Å². The van der Waals surface area contributed by atoms with Gasteiger partial charge in [-0.05, 0) is 59.4 Å². The molecule has 2 unspecified atom stereocenters. The third-order valence-corrected chi connectivity index (χ3v) is 6.41. The summed E-state index contributed by atoms with van der Waals surface area (Å²) in [5.74, 6) is 0.175. The molecule has 1 N–H and O–H groups in total. The molecule has 0 bridgehead atoms. The maximum Gasteiger partial charge on any atom is 0.261 e. The third-order valence-electron chi connectivity index (χ3n) is 6.41. The van der Waals surface area contributed by atoms with E-state index in [0.29, 0.717) is 31.7 Å². The second kappa shape index (κ2) is 11.2. The topological polar surface area (TPSA) is 58.6 Å². The zero-order chi connectivity index (χ0) is 24.8. The van der Waals surface area contributed by atoms with E-state index in [-0.39, 0.29) is 23.7 Å². The minimum absolute atomic E-state index is 0.113. The van der Waals surface area contributed by atoms with Crippen LogP contribution in [0.25, 0.3) is 0 Å². The number of fused-ring (bicyclic) bond motifs is 1. The van der Waals surface area contributed by atoms with Crippen molar-refractivity contribution in [2.45, 2.75) is 51.8 Å². The van der Waals surface area contributed by atoms with E-state index in [9.17, 15) is 14.0 Å². The summed E-state index contributed by atoms with van der Waals surface area (Å²) in [7, 11) is 0. The number of carbonyl (C=O) groups excluding carboxylic acids is 2. The highest BCUT2D eigenvalue weighted by molar-refractivity contribution is 5.81. The summed E-state index contributed by atoms with van der Waals surface area (Å²) >= 11 is 0. The molecule has 35 heavy (non-hydrogen) atoms. The van der Waals surface area contributed by atoms with Crippen LogP contribution in [0, 0.1) is 5.82 Å². The molecule has 6 heteroatoms. The SMILES string of the molecule is CCC(=O)N1CCc2ccc(OC(CC)C(=O)NCc3ccc(F)cc3)cc2C1c1ccccc1. The van der Waals surface area contributed by atoms with E-state index in [1.807, 2.05) is 67.3 Å². The molecule has 0 spiro atoms. The Hall–Kier alpha value is -3.67. The number of hydrogen-bond donors (Lipinski definition) is 1. The van der Waals surface area contributed by atoms with Gasteiger partial charge >= 0.3 is 0 Å². The Kier molecular flexibility index (Phi) is 7.80. The van der Waals surface area contributed by atoms with Gasteiger partial charge in [0.2, 0.25) is 5.91 Å². The standard InChI is InChI=1S/C29H31FN2O3/c1-3-26(29(34)31-19-20-10-13-23(30)14-11-20)35-24-15-12-21-16-17-32(27(33)4-2)28(25(21)18-24)22-8-6-5-7-9-22/h5-15,18,26,28H,3-4,16-17,19H2,1-2H3,(H,31,34). The molecule has 0 saturated heterocycles. The number of ether oxygens (including phenoxy) is 1. The van der Waals surface area contributed by atoms with Crippen LogP contribution in [0.15, 0.2) is 72.8 Å². The number of nitrogens with zero attached hydrogens (tertiary/aromatic N) is 1. The number of hydrogen-bond acceptors (Lipinski definition) is 3. The first-order chi connectivity index (χ1) is 17.0. The smallest absolute Gasteiger partial charge is 0.261 e. The molecule has 1 aliphatic heterocycles. The van der Waals surface area contributed by atoms with Crippen LogP contribution in [0.5, 0.6) is 5.75 Å². The molecule has 5 nitrogen and oxygen atoms in total. The van der Waals surface area contributed by atoms with E-state index in [2.05, 4.69) is 5.32 Å². The van der Waals surface area contributed by atoms with Crippen LogP contribution >= 0.6 is 0 Å². The second-order valence-corrected chi connectivity index (χ2v) is 8.72. The van der Waals surface area contributed by atoms with Gasteiger partial charge in [-0.2, -0.15) is 0 Å². The van der Waals surface area contributed by atoms with Gasteiger partial charge in [-0.3, -0.25) is 9.59 Å². The van der Waals surface area contributed by atoms with Crippen LogP contribution < -0.4 is 10.1 Å². The molecule has 2 amide bonds. The molecule has 182 valence electrons. The van der Waals surface area contributed by atoms with Crippen LogP contribution in [-0.2, 0) is 22.6 Å². The van der Waals surface area contributed by atoms with E-state index in [4.69, 9.17) is 4.74 Å². The summed E-state index contributed by atoms with van der Waals surface area (Å²) in [6.45, 7) is 4.75. The van der Waals surface area contributed by atoms with E-state index >= 15 is 0 Å². The van der Waals surface area contributed by atoms with Crippen LogP contribution in [0.2, 0.25) is 0 Å². The van der Waals surface area contributed by atoms with Crippen molar-refractivity contribution >= 4 is 11.8 Å². The van der Waals surface area contributed by atoms with E-state index in [1.54, 1.807) is 12.1 Å². The van der Waals surface area contributed by atoms with Gasteiger partial charge in [-0.15, -0.1) is 0 Å². The van der Waals surface area contributed by atoms with Crippen molar-refractivity contribution in [3.63, 3.8) is 0 Å². The minimum atomic E-state index is -0.666. The molecule has 1 aliphatic rings. The first kappa shape index (κ1) is 24.5. The van der Waals surface area contributed by atoms with Crippen molar-refractivity contribution in [1.29, 1.82) is 0 Å². The van der Waals surface area contributed by atoms with Gasteiger partial charge in [-0.25, -0.2) is 4.39 Å². The quantitative estimate of drug-likeness (QED) is 0.489. The first-order valence-corrected chi connectivity index (χ1v) is 12.2. The van der Waals surface area contributed by atoms with Crippen molar-refractivity contribution in [3.8, 4) is 5.75 Å². The summed E-state index contributed by atoms with van der Waals surface area (Å²) in [6, 6.07) is 21.8. The number of halogens is 1. The fourth-order valence-corrected chi connectivity index (χ4v) is 4.52. The van der Waals surface area contributed by atoms with E-state index in [1.165, 1.54) is 17.7 Å². The molecule has 3 aromatic carbocycles. The Balaban J connectivity index is 1.54. The van der Waals surface area contributed by atoms with Gasteiger partial charge < -0.3 is 15.0 Å². The highest BCUT2D eigenvalue weighted by atomic mass is 19.1. The zero-order valence-electron chi connectivity index (χ0n) is 20.2. The third kappa shape index (κ3) is 5.70. The Morgan fingerprint density at radius 2 is 1.80 bits per heavy atom. The lowest BCUT2D eigenvalue weighted by atomic mass is 9.87. The lowest BCUT2D eigenvalue weighted by molar-refractivity contribution is -0.133. The number of benzene rings is 3. The Labute approximate surface area is 205 Å². The van der Waals surface area contributed by atoms with Crippen molar-refractivity contribution in [3.05, 3.63) is 101 Å². The summed E-state index contributed by atoms with van der Waals surface area (Å²) < 4.78 is 19.3. The number of rotatable bonds is 8. The van der Waals surface area contributed by atoms with Gasteiger partial charge in [0, 0.05) is 19.5 Å². The molecular weight excluding hydrogens is 443 g/mol. The molecule has 2 atom stereocenters. The molecule has 0 aliphatic carbocycles. The monoisotopic (exact) mass is 474 g/mol. The summed E-state index contributed by atoms with van der Waals surface area (Å²) in [4.78, 5) is 27.5. The van der Waals surface area contributed by atoms with Crippen molar-refractivity contribution in [2.75, 3.05) is 6.54 Å². The van der Waals surface area contributed by atoms with Crippen molar-refractivity contribution in [2.24, 2.45) is 0 Å². The molecule has 3 aromatic rings. The summed E-state index contributed by atoms with van der Waals surface area (Å²) in [6.07, 6.45) is 1.05. The lowest BCUT2D eigenvalue weighted by Gasteiger charge is -2.38. The zero-order valence-corrected chi connectivity index (χ0v) is 20.2.